The van der Waals surface area contributed by atoms with E-state index in [1.54, 1.807) is 36.5 Å². The molecule has 2 heterocycles. The minimum Gasteiger partial charge on any atom is -0.439 e. The normalized spacial score (nSPS) is 10.7. The Morgan fingerprint density at radius 1 is 0.848 bits per heavy atom. The highest BCUT2D eigenvalue weighted by Crippen LogP contribution is 2.23. The van der Waals surface area contributed by atoms with Crippen LogP contribution in [0.3, 0.4) is 0 Å². The number of carbonyl (C=O) groups is 1. The molecule has 2 amide bonds. The van der Waals surface area contributed by atoms with Crippen LogP contribution < -0.4 is 15.4 Å². The summed E-state index contributed by atoms with van der Waals surface area (Å²) >= 11 is 0. The first-order valence-corrected chi connectivity index (χ1v) is 10.3. The number of aromatic nitrogens is 4. The second-order valence-corrected chi connectivity index (χ2v) is 7.33. The van der Waals surface area contributed by atoms with Crippen LogP contribution in [-0.2, 0) is 0 Å². The Balaban J connectivity index is 1.22. The maximum Gasteiger partial charge on any atom is 0.323 e. The summed E-state index contributed by atoms with van der Waals surface area (Å²) in [6.45, 7) is 1.89. The van der Waals surface area contributed by atoms with Crippen LogP contribution in [0.15, 0.2) is 91.5 Å². The molecule has 0 saturated heterocycles. The van der Waals surface area contributed by atoms with Crippen molar-refractivity contribution in [1.82, 2.24) is 19.5 Å². The Morgan fingerprint density at radius 2 is 1.61 bits per heavy atom. The van der Waals surface area contributed by atoms with E-state index in [0.29, 0.717) is 23.1 Å². The van der Waals surface area contributed by atoms with Crippen molar-refractivity contribution in [3.63, 3.8) is 0 Å². The number of hydrogen-bond donors (Lipinski definition) is 2. The summed E-state index contributed by atoms with van der Waals surface area (Å²) in [7, 11) is 0. The van der Waals surface area contributed by atoms with Gasteiger partial charge in [0.15, 0.2) is 0 Å². The average Bonchev–Trinajstić information content (AvgIpc) is 3.26. The molecule has 2 N–H and O–H groups in total. The van der Waals surface area contributed by atoms with E-state index in [-0.39, 0.29) is 6.03 Å². The minimum absolute atomic E-state index is 0.324. The molecule has 0 atom stereocenters. The zero-order valence-corrected chi connectivity index (χ0v) is 17.8. The van der Waals surface area contributed by atoms with E-state index in [1.807, 2.05) is 60.2 Å². The molecule has 8 heteroatoms. The number of anilines is 2. The summed E-state index contributed by atoms with van der Waals surface area (Å²) < 4.78 is 7.68. The van der Waals surface area contributed by atoms with Crippen LogP contribution >= 0.6 is 0 Å². The van der Waals surface area contributed by atoms with E-state index < -0.39 is 0 Å². The van der Waals surface area contributed by atoms with Gasteiger partial charge in [0.05, 0.1) is 0 Å². The summed E-state index contributed by atoms with van der Waals surface area (Å²) in [6, 6.07) is 22.2. The third kappa shape index (κ3) is 4.64. The number of benzene rings is 3. The lowest BCUT2D eigenvalue weighted by atomic mass is 10.1. The number of carbonyl (C=O) groups excluding carboxylic acids is 1. The van der Waals surface area contributed by atoms with Gasteiger partial charge in [0.1, 0.15) is 23.7 Å². The molecule has 0 aliphatic heterocycles. The number of nitrogens with zero attached hydrogens (tertiary/aromatic N) is 4. The van der Waals surface area contributed by atoms with Crippen molar-refractivity contribution in [2.24, 2.45) is 0 Å². The smallest absolute Gasteiger partial charge is 0.323 e. The average molecular weight is 436 g/mol. The number of fused-ring (bicyclic) bond motifs is 1. The molecule has 0 saturated carbocycles. The highest BCUT2D eigenvalue weighted by Gasteiger charge is 2.07. The number of amides is 2. The fraction of sp³-hybridized carbons (Fsp3) is 0.0400. The van der Waals surface area contributed by atoms with Crippen molar-refractivity contribution in [1.29, 1.82) is 0 Å². The van der Waals surface area contributed by atoms with Gasteiger partial charge in [-0.1, -0.05) is 30.3 Å². The van der Waals surface area contributed by atoms with Gasteiger partial charge >= 0.3 is 6.03 Å². The lowest BCUT2D eigenvalue weighted by Crippen LogP contribution is -2.19. The van der Waals surface area contributed by atoms with E-state index in [9.17, 15) is 4.79 Å². The Hall–Kier alpha value is -4.72. The van der Waals surface area contributed by atoms with Gasteiger partial charge in [0.2, 0.25) is 5.88 Å². The molecule has 0 spiro atoms. The first-order chi connectivity index (χ1) is 16.1. The van der Waals surface area contributed by atoms with Crippen LogP contribution in [0, 0.1) is 6.92 Å². The number of imidazole rings is 1. The standard InChI is InChI=1S/C25H20N6O2/c1-17-26-12-13-31(17)23-15-24(28-16-27-23)33-22-10-8-20(9-11-22)29-25(32)30-21-7-6-18-4-2-3-5-19(18)14-21/h2-16H,1H3,(H2,29,30,32). The number of rotatable bonds is 5. The first kappa shape index (κ1) is 20.2. The van der Waals surface area contributed by atoms with E-state index >= 15 is 0 Å². The lowest BCUT2D eigenvalue weighted by molar-refractivity contribution is 0.262. The Labute approximate surface area is 189 Å². The zero-order chi connectivity index (χ0) is 22.6. The second-order valence-electron chi connectivity index (χ2n) is 7.33. The van der Waals surface area contributed by atoms with E-state index in [1.165, 1.54) is 6.33 Å². The van der Waals surface area contributed by atoms with E-state index in [0.717, 1.165) is 22.3 Å². The Morgan fingerprint density at radius 3 is 2.39 bits per heavy atom. The fourth-order valence-corrected chi connectivity index (χ4v) is 3.43. The molecule has 0 radical (unpaired) electrons. The van der Waals surface area contributed by atoms with Gasteiger partial charge in [-0.15, -0.1) is 0 Å². The van der Waals surface area contributed by atoms with E-state index in [2.05, 4.69) is 25.6 Å². The first-order valence-electron chi connectivity index (χ1n) is 10.3. The van der Waals surface area contributed by atoms with E-state index in [4.69, 9.17) is 4.74 Å². The topological polar surface area (TPSA) is 94.0 Å². The van der Waals surface area contributed by atoms with Gasteiger partial charge in [-0.3, -0.25) is 4.57 Å². The van der Waals surface area contributed by atoms with Crippen LogP contribution in [0.4, 0.5) is 16.2 Å². The highest BCUT2D eigenvalue weighted by atomic mass is 16.5. The number of urea groups is 1. The quantitative estimate of drug-likeness (QED) is 0.376. The van der Waals surface area contributed by atoms with Crippen molar-refractivity contribution in [3.8, 4) is 17.4 Å². The number of hydrogen-bond acceptors (Lipinski definition) is 5. The Kier molecular flexibility index (Phi) is 5.38. The summed E-state index contributed by atoms with van der Waals surface area (Å²) in [5.41, 5.74) is 1.36. The fourth-order valence-electron chi connectivity index (χ4n) is 3.43. The highest BCUT2D eigenvalue weighted by molar-refractivity contribution is 6.01. The lowest BCUT2D eigenvalue weighted by Gasteiger charge is -2.10. The van der Waals surface area contributed by atoms with Crippen LogP contribution in [0.25, 0.3) is 16.6 Å². The summed E-state index contributed by atoms with van der Waals surface area (Å²) in [5.74, 6) is 2.47. The Bertz CT molecular complexity index is 1430. The van der Waals surface area contributed by atoms with Gasteiger partial charge in [0.25, 0.3) is 0 Å². The molecular formula is C25H20N6O2. The molecule has 5 rings (SSSR count). The maximum atomic E-state index is 12.4. The van der Waals surface area contributed by atoms with Crippen LogP contribution in [-0.4, -0.2) is 25.6 Å². The predicted octanol–water partition coefficient (Wildman–Crippen LogP) is 5.56. The molecular weight excluding hydrogens is 416 g/mol. The van der Waals surface area contributed by atoms with Crippen molar-refractivity contribution in [3.05, 3.63) is 97.3 Å². The van der Waals surface area contributed by atoms with Gasteiger partial charge in [-0.05, 0) is 54.1 Å². The number of nitrogens with one attached hydrogen (secondary N) is 2. The van der Waals surface area contributed by atoms with Crippen molar-refractivity contribution >= 4 is 28.2 Å². The number of ether oxygens (including phenoxy) is 1. The second kappa shape index (κ2) is 8.80. The molecule has 0 bridgehead atoms. The molecule has 3 aromatic carbocycles. The van der Waals surface area contributed by atoms with Gasteiger partial charge in [-0.2, -0.15) is 0 Å². The molecule has 0 fully saturated rings. The summed E-state index contributed by atoms with van der Waals surface area (Å²) in [4.78, 5) is 25.0. The molecule has 162 valence electrons. The molecule has 0 aliphatic rings. The molecule has 2 aromatic heterocycles. The maximum absolute atomic E-state index is 12.4. The zero-order valence-electron chi connectivity index (χ0n) is 17.8. The predicted molar refractivity (Wildman–Crippen MR) is 127 cm³/mol. The molecule has 0 aliphatic carbocycles. The monoisotopic (exact) mass is 436 g/mol. The van der Waals surface area contributed by atoms with Gasteiger partial charge in [0, 0.05) is 29.8 Å². The van der Waals surface area contributed by atoms with Crippen LogP contribution in [0.1, 0.15) is 5.82 Å². The van der Waals surface area contributed by atoms with Gasteiger partial charge < -0.3 is 15.4 Å². The largest absolute Gasteiger partial charge is 0.439 e. The third-order valence-corrected chi connectivity index (χ3v) is 5.04. The van der Waals surface area contributed by atoms with Crippen molar-refractivity contribution < 1.29 is 9.53 Å². The van der Waals surface area contributed by atoms with Crippen molar-refractivity contribution in [2.45, 2.75) is 6.92 Å². The molecule has 5 aromatic rings. The van der Waals surface area contributed by atoms with Crippen LogP contribution in [0.5, 0.6) is 11.6 Å². The molecule has 33 heavy (non-hydrogen) atoms. The SMILES string of the molecule is Cc1nccn1-c1cc(Oc2ccc(NC(=O)Nc3ccc4ccccc4c3)cc2)ncn1. The molecule has 8 nitrogen and oxygen atoms in total. The number of aryl methyl sites for hydroxylation is 1. The van der Waals surface area contributed by atoms with Gasteiger partial charge in [-0.25, -0.2) is 19.7 Å². The summed E-state index contributed by atoms with van der Waals surface area (Å²) in [5, 5.41) is 7.86. The van der Waals surface area contributed by atoms with Crippen LogP contribution in [0.2, 0.25) is 0 Å². The minimum atomic E-state index is -0.324. The third-order valence-electron chi connectivity index (χ3n) is 5.04. The summed E-state index contributed by atoms with van der Waals surface area (Å²) in [6.07, 6.45) is 4.97. The molecule has 0 unspecified atom stereocenters. The van der Waals surface area contributed by atoms with Crippen molar-refractivity contribution in [2.75, 3.05) is 10.6 Å².